The number of carbonyl (C=O) groups is 1. The number of ether oxygens (including phenoxy) is 3. The fourth-order valence-corrected chi connectivity index (χ4v) is 4.43. The van der Waals surface area contributed by atoms with Crippen LogP contribution >= 0.6 is 0 Å². The third kappa shape index (κ3) is 5.06. The van der Waals surface area contributed by atoms with Crippen molar-refractivity contribution in [1.82, 2.24) is 29.3 Å². The molecule has 1 aliphatic rings. The smallest absolute Gasteiger partial charge is 0.268 e. The van der Waals surface area contributed by atoms with Crippen LogP contribution in [0.25, 0.3) is 16.0 Å². The highest BCUT2D eigenvalue weighted by molar-refractivity contribution is 5.88. The lowest BCUT2D eigenvalue weighted by Crippen LogP contribution is -2.22. The lowest BCUT2D eigenvalue weighted by Gasteiger charge is -2.17. The summed E-state index contributed by atoms with van der Waals surface area (Å²) in [4.78, 5) is 28.4. The number of pyridine rings is 2. The van der Waals surface area contributed by atoms with Gasteiger partial charge in [0.1, 0.15) is 22.8 Å². The van der Waals surface area contributed by atoms with Crippen molar-refractivity contribution in [2.45, 2.75) is 38.8 Å². The van der Waals surface area contributed by atoms with E-state index in [1.54, 1.807) is 23.8 Å². The quantitative estimate of drug-likeness (QED) is 0.321. The SMILES string of the molecule is [C-]#[N+]C(C)(C)c1cc(Nc2nc3ncc(Oc4ccnc(NC(C)=O)c4)c(OC)c3n2C)nn1C1CCOC1. The van der Waals surface area contributed by atoms with Gasteiger partial charge in [-0.3, -0.25) is 9.48 Å². The van der Waals surface area contributed by atoms with Gasteiger partial charge in [-0.1, -0.05) is 0 Å². The van der Waals surface area contributed by atoms with Gasteiger partial charge in [-0.2, -0.15) is 10.1 Å². The van der Waals surface area contributed by atoms with Gasteiger partial charge in [0.15, 0.2) is 23.0 Å². The van der Waals surface area contributed by atoms with Crippen LogP contribution in [0.5, 0.6) is 17.2 Å². The minimum atomic E-state index is -0.758. The standard InChI is InChI=1S/C26H29N9O4/c1-15(36)30-20-11-17(7-9-28-20)39-18-13-29-24-22(23(18)37-6)34(5)25(32-24)31-21-12-19(26(2,3)27-4)35(33-21)16-8-10-38-14-16/h7,9,11-13,16H,8,10,14H2,1-3,5-6H3,(H,28,30,36)(H,29,31,32,33). The molecule has 2 N–H and O–H groups in total. The first-order valence-electron chi connectivity index (χ1n) is 12.3. The number of nitrogens with zero attached hydrogens (tertiary/aromatic N) is 7. The summed E-state index contributed by atoms with van der Waals surface area (Å²) in [5.74, 6) is 2.43. The fourth-order valence-electron chi connectivity index (χ4n) is 4.43. The van der Waals surface area contributed by atoms with Gasteiger partial charge in [0.05, 0.1) is 26.0 Å². The van der Waals surface area contributed by atoms with Crippen LogP contribution in [0.2, 0.25) is 0 Å². The van der Waals surface area contributed by atoms with E-state index in [1.807, 2.05) is 31.6 Å². The molecule has 1 atom stereocenters. The van der Waals surface area contributed by atoms with Crippen LogP contribution in [0, 0.1) is 6.57 Å². The van der Waals surface area contributed by atoms with Crippen LogP contribution in [0.15, 0.2) is 30.6 Å². The Bertz CT molecular complexity index is 1580. The highest BCUT2D eigenvalue weighted by atomic mass is 16.5. The summed E-state index contributed by atoms with van der Waals surface area (Å²) in [6, 6.07) is 5.22. The molecule has 1 unspecified atom stereocenters. The number of rotatable bonds is 8. The van der Waals surface area contributed by atoms with Crippen LogP contribution in [0.4, 0.5) is 17.6 Å². The summed E-state index contributed by atoms with van der Waals surface area (Å²) in [6.45, 7) is 14.1. The Morgan fingerprint density at radius 3 is 2.79 bits per heavy atom. The van der Waals surface area contributed by atoms with E-state index in [-0.39, 0.29) is 11.9 Å². The topological polar surface area (TPSA) is 135 Å². The molecule has 202 valence electrons. The molecule has 5 heterocycles. The second kappa shape index (κ2) is 10.2. The number of anilines is 3. The summed E-state index contributed by atoms with van der Waals surface area (Å²) in [6.07, 6.45) is 3.90. The Labute approximate surface area is 224 Å². The molecule has 0 spiro atoms. The molecule has 0 saturated carbocycles. The second-order valence-electron chi connectivity index (χ2n) is 9.65. The van der Waals surface area contributed by atoms with Gasteiger partial charge in [-0.25, -0.2) is 16.5 Å². The maximum absolute atomic E-state index is 11.4. The first-order chi connectivity index (χ1) is 18.7. The number of nitrogens with one attached hydrogen (secondary N) is 2. The van der Waals surface area contributed by atoms with E-state index >= 15 is 0 Å². The molecule has 4 aromatic heterocycles. The summed E-state index contributed by atoms with van der Waals surface area (Å²) in [5.41, 5.74) is 1.10. The molecule has 1 saturated heterocycles. The monoisotopic (exact) mass is 531 g/mol. The Kier molecular flexibility index (Phi) is 6.80. The predicted octanol–water partition coefficient (Wildman–Crippen LogP) is 4.18. The Balaban J connectivity index is 1.48. The summed E-state index contributed by atoms with van der Waals surface area (Å²) in [7, 11) is 3.37. The molecule has 1 fully saturated rings. The van der Waals surface area contributed by atoms with Gasteiger partial charge in [-0.15, -0.1) is 0 Å². The van der Waals surface area contributed by atoms with Gasteiger partial charge in [-0.05, 0) is 12.5 Å². The maximum Gasteiger partial charge on any atom is 0.268 e. The zero-order chi connectivity index (χ0) is 27.7. The molecule has 0 radical (unpaired) electrons. The van der Waals surface area contributed by atoms with Crippen molar-refractivity contribution in [3.05, 3.63) is 47.7 Å². The van der Waals surface area contributed by atoms with Crippen LogP contribution < -0.4 is 20.1 Å². The van der Waals surface area contributed by atoms with E-state index in [2.05, 4.69) is 30.4 Å². The molecule has 13 heteroatoms. The maximum atomic E-state index is 11.4. The third-order valence-corrected chi connectivity index (χ3v) is 6.42. The van der Waals surface area contributed by atoms with E-state index in [1.165, 1.54) is 19.3 Å². The average Bonchev–Trinajstić information content (AvgIpc) is 3.64. The van der Waals surface area contributed by atoms with Crippen LogP contribution in [0.1, 0.15) is 38.9 Å². The highest BCUT2D eigenvalue weighted by Crippen LogP contribution is 2.39. The van der Waals surface area contributed by atoms with Crippen LogP contribution in [0.3, 0.4) is 0 Å². The molecule has 1 aliphatic heterocycles. The van der Waals surface area contributed by atoms with Gasteiger partial charge in [0.2, 0.25) is 11.9 Å². The minimum absolute atomic E-state index is 0.0674. The van der Waals surface area contributed by atoms with Gasteiger partial charge < -0.3 is 34.3 Å². The number of amides is 1. The molecular weight excluding hydrogens is 502 g/mol. The normalized spacial score (nSPS) is 15.2. The molecule has 13 nitrogen and oxygen atoms in total. The van der Waals surface area contributed by atoms with Gasteiger partial charge >= 0.3 is 0 Å². The van der Waals surface area contributed by atoms with Crippen molar-refractivity contribution >= 4 is 34.7 Å². The first kappa shape index (κ1) is 25.9. The first-order valence-corrected chi connectivity index (χ1v) is 12.3. The number of fused-ring (bicyclic) bond motifs is 1. The molecule has 39 heavy (non-hydrogen) atoms. The van der Waals surface area contributed by atoms with E-state index in [0.717, 1.165) is 12.1 Å². The van der Waals surface area contributed by atoms with Crippen LogP contribution in [-0.4, -0.2) is 55.5 Å². The number of hydrogen-bond acceptors (Lipinski definition) is 9. The lowest BCUT2D eigenvalue weighted by molar-refractivity contribution is -0.114. The minimum Gasteiger partial charge on any atom is -0.491 e. The van der Waals surface area contributed by atoms with Crippen molar-refractivity contribution in [3.8, 4) is 17.2 Å². The molecule has 5 rings (SSSR count). The van der Waals surface area contributed by atoms with Crippen molar-refractivity contribution in [2.75, 3.05) is 31.0 Å². The molecule has 0 aliphatic carbocycles. The Hall–Kier alpha value is -4.70. The number of carbonyl (C=O) groups excluding carboxylic acids is 1. The predicted molar refractivity (Wildman–Crippen MR) is 143 cm³/mol. The highest BCUT2D eigenvalue weighted by Gasteiger charge is 2.35. The summed E-state index contributed by atoms with van der Waals surface area (Å²) in [5, 5.41) is 10.7. The molecule has 1 amide bonds. The number of aromatic nitrogens is 6. The lowest BCUT2D eigenvalue weighted by atomic mass is 10.0. The molecular formula is C26H29N9O4. The van der Waals surface area contributed by atoms with Crippen LogP contribution in [-0.2, 0) is 22.1 Å². The summed E-state index contributed by atoms with van der Waals surface area (Å²) < 4.78 is 21.0. The molecule has 4 aromatic rings. The van der Waals surface area contributed by atoms with Crippen molar-refractivity contribution in [1.29, 1.82) is 0 Å². The van der Waals surface area contributed by atoms with E-state index in [9.17, 15) is 4.79 Å². The summed E-state index contributed by atoms with van der Waals surface area (Å²) >= 11 is 0. The van der Waals surface area contributed by atoms with Crippen molar-refractivity contribution in [2.24, 2.45) is 7.05 Å². The molecule has 0 aromatic carbocycles. The van der Waals surface area contributed by atoms with E-state index < -0.39 is 5.54 Å². The van der Waals surface area contributed by atoms with E-state index in [0.29, 0.717) is 59.2 Å². The average molecular weight is 532 g/mol. The van der Waals surface area contributed by atoms with Gasteiger partial charge in [0.25, 0.3) is 5.54 Å². The Morgan fingerprint density at radius 1 is 1.28 bits per heavy atom. The van der Waals surface area contributed by atoms with E-state index in [4.69, 9.17) is 25.9 Å². The number of hydrogen-bond donors (Lipinski definition) is 2. The van der Waals surface area contributed by atoms with Gasteiger partial charge in [0, 0.05) is 52.8 Å². The zero-order valence-electron chi connectivity index (χ0n) is 22.3. The van der Waals surface area contributed by atoms with Crippen molar-refractivity contribution < 1.29 is 19.0 Å². The van der Waals surface area contributed by atoms with Crippen molar-refractivity contribution in [3.63, 3.8) is 0 Å². The largest absolute Gasteiger partial charge is 0.491 e. The zero-order valence-corrected chi connectivity index (χ0v) is 22.3. The Morgan fingerprint density at radius 2 is 2.10 bits per heavy atom. The fraction of sp³-hybridized carbons (Fsp3) is 0.385. The number of aryl methyl sites for hydroxylation is 1. The number of imidazole rings is 1. The third-order valence-electron chi connectivity index (χ3n) is 6.42. The second-order valence-corrected chi connectivity index (χ2v) is 9.65. The molecule has 0 bridgehead atoms. The number of methoxy groups -OCH3 is 1.